The van der Waals surface area contributed by atoms with Crippen LogP contribution in [0, 0.1) is 13.8 Å². The van der Waals surface area contributed by atoms with Gasteiger partial charge in [-0.25, -0.2) is 4.98 Å². The van der Waals surface area contributed by atoms with Crippen LogP contribution in [-0.4, -0.2) is 47.4 Å². The molecule has 0 radical (unpaired) electrons. The van der Waals surface area contributed by atoms with E-state index in [4.69, 9.17) is 4.74 Å². The molecule has 132 valence electrons. The molecule has 6 nitrogen and oxygen atoms in total. The number of aromatic nitrogens is 1. The number of nitrogens with zero attached hydrogens (tertiary/aromatic N) is 2. The topological polar surface area (TPSA) is 71.5 Å². The van der Waals surface area contributed by atoms with Crippen LogP contribution in [0.25, 0.3) is 0 Å². The van der Waals surface area contributed by atoms with Gasteiger partial charge < -0.3 is 15.0 Å². The molecule has 0 bridgehead atoms. The van der Waals surface area contributed by atoms with Crippen LogP contribution >= 0.6 is 11.3 Å². The zero-order valence-corrected chi connectivity index (χ0v) is 15.3. The molecule has 0 unspecified atom stereocenters. The highest BCUT2D eigenvalue weighted by Gasteiger charge is 2.41. The third-order valence-electron chi connectivity index (χ3n) is 4.22. The first-order valence-corrected chi connectivity index (χ1v) is 8.99. The highest BCUT2D eigenvalue weighted by molar-refractivity contribution is 7.13. The van der Waals surface area contributed by atoms with Crippen LogP contribution in [-0.2, 0) is 4.79 Å². The molecule has 1 aromatic heterocycles. The molecule has 1 fully saturated rings. The van der Waals surface area contributed by atoms with E-state index in [-0.39, 0.29) is 17.9 Å². The van der Waals surface area contributed by atoms with Gasteiger partial charge in [0, 0.05) is 13.5 Å². The van der Waals surface area contributed by atoms with Gasteiger partial charge in [-0.15, -0.1) is 11.3 Å². The molecule has 1 aliphatic heterocycles. The molecule has 0 saturated carbocycles. The molecule has 7 heteroatoms. The van der Waals surface area contributed by atoms with Gasteiger partial charge in [0.05, 0.1) is 17.2 Å². The van der Waals surface area contributed by atoms with Crippen LogP contribution in [0.1, 0.15) is 26.8 Å². The van der Waals surface area contributed by atoms with Gasteiger partial charge in [-0.3, -0.25) is 9.59 Å². The predicted molar refractivity (Wildman–Crippen MR) is 96.0 cm³/mol. The molecule has 3 rings (SSSR count). The molecule has 0 aliphatic carbocycles. The highest BCUT2D eigenvalue weighted by atomic mass is 32.1. The van der Waals surface area contributed by atoms with Crippen molar-refractivity contribution in [2.24, 2.45) is 0 Å². The monoisotopic (exact) mass is 359 g/mol. The standard InChI is InChI=1S/C18H21N3O3S/c1-11-16(25-12(2)20-11)18(23)21-10-14(9-15(21)17(22)19-3)24-13-7-5-4-6-8-13/h4-8,14-15H,9-10H2,1-3H3,(H,19,22)/t14-,15-/m0/s1. The minimum Gasteiger partial charge on any atom is -0.488 e. The Kier molecular flexibility index (Phi) is 5.03. The number of rotatable bonds is 4. The van der Waals surface area contributed by atoms with Crippen LogP contribution in [0.2, 0.25) is 0 Å². The Labute approximate surface area is 150 Å². The fourth-order valence-electron chi connectivity index (χ4n) is 3.07. The van der Waals surface area contributed by atoms with E-state index in [1.165, 1.54) is 11.3 Å². The number of carbonyl (C=O) groups excluding carboxylic acids is 2. The number of thiazole rings is 1. The number of ether oxygens (including phenoxy) is 1. The number of likely N-dealkylation sites (tertiary alicyclic amines) is 1. The lowest BCUT2D eigenvalue weighted by molar-refractivity contribution is -0.124. The number of benzene rings is 1. The van der Waals surface area contributed by atoms with Crippen molar-refractivity contribution in [3.8, 4) is 5.75 Å². The molecular formula is C18H21N3O3S. The van der Waals surface area contributed by atoms with Gasteiger partial charge in [-0.2, -0.15) is 0 Å². The zero-order valence-electron chi connectivity index (χ0n) is 14.5. The smallest absolute Gasteiger partial charge is 0.266 e. The van der Waals surface area contributed by atoms with Crippen LogP contribution in [0.3, 0.4) is 0 Å². The third kappa shape index (κ3) is 3.66. The lowest BCUT2D eigenvalue weighted by atomic mass is 10.2. The quantitative estimate of drug-likeness (QED) is 0.908. The molecule has 0 spiro atoms. The fourth-order valence-corrected chi connectivity index (χ4v) is 3.95. The van der Waals surface area contributed by atoms with Crippen molar-refractivity contribution in [1.82, 2.24) is 15.2 Å². The van der Waals surface area contributed by atoms with Gasteiger partial charge in [-0.05, 0) is 26.0 Å². The molecule has 2 amide bonds. The van der Waals surface area contributed by atoms with Gasteiger partial charge in [0.25, 0.3) is 5.91 Å². The van der Waals surface area contributed by atoms with E-state index < -0.39 is 6.04 Å². The maximum atomic E-state index is 13.0. The minimum absolute atomic E-state index is 0.157. The van der Waals surface area contributed by atoms with Crippen LogP contribution in [0.4, 0.5) is 0 Å². The van der Waals surface area contributed by atoms with Crippen molar-refractivity contribution >= 4 is 23.2 Å². The summed E-state index contributed by atoms with van der Waals surface area (Å²) in [4.78, 5) is 31.8. The number of para-hydroxylation sites is 1. The summed E-state index contributed by atoms with van der Waals surface area (Å²) in [5, 5.41) is 3.49. The number of nitrogens with one attached hydrogen (secondary N) is 1. The first-order valence-electron chi connectivity index (χ1n) is 8.18. The zero-order chi connectivity index (χ0) is 18.0. The summed E-state index contributed by atoms with van der Waals surface area (Å²) < 4.78 is 5.97. The number of carbonyl (C=O) groups is 2. The number of hydrogen-bond acceptors (Lipinski definition) is 5. The van der Waals surface area contributed by atoms with Gasteiger partial charge in [-0.1, -0.05) is 18.2 Å². The van der Waals surface area contributed by atoms with E-state index in [9.17, 15) is 9.59 Å². The average Bonchev–Trinajstić information content (AvgIpc) is 3.17. The molecule has 2 atom stereocenters. The van der Waals surface area contributed by atoms with Crippen LogP contribution < -0.4 is 10.1 Å². The Balaban J connectivity index is 1.81. The van der Waals surface area contributed by atoms with Gasteiger partial charge in [0.15, 0.2) is 0 Å². The second kappa shape index (κ2) is 7.23. The van der Waals surface area contributed by atoms with Crippen molar-refractivity contribution in [1.29, 1.82) is 0 Å². The summed E-state index contributed by atoms with van der Waals surface area (Å²) in [6.07, 6.45) is 0.250. The summed E-state index contributed by atoms with van der Waals surface area (Å²) in [7, 11) is 1.58. The Morgan fingerprint density at radius 1 is 1.28 bits per heavy atom. The second-order valence-corrected chi connectivity index (χ2v) is 7.23. The second-order valence-electron chi connectivity index (χ2n) is 6.02. The SMILES string of the molecule is CNC(=O)[C@@H]1C[C@H](Oc2ccccc2)CN1C(=O)c1sc(C)nc1C. The normalized spacial score (nSPS) is 19.7. The first kappa shape index (κ1) is 17.4. The largest absolute Gasteiger partial charge is 0.488 e. The maximum absolute atomic E-state index is 13.0. The van der Waals surface area contributed by atoms with E-state index in [0.717, 1.165) is 10.8 Å². The van der Waals surface area contributed by atoms with Crippen LogP contribution in [0.5, 0.6) is 5.75 Å². The highest BCUT2D eigenvalue weighted by Crippen LogP contribution is 2.27. The Morgan fingerprint density at radius 3 is 2.60 bits per heavy atom. The Bertz CT molecular complexity index is 775. The molecule has 2 heterocycles. The van der Waals surface area contributed by atoms with Crippen molar-refractivity contribution in [3.05, 3.63) is 45.9 Å². The summed E-state index contributed by atoms with van der Waals surface area (Å²) in [5.41, 5.74) is 0.704. The molecule has 1 aliphatic rings. The number of likely N-dealkylation sites (N-methyl/N-ethyl adjacent to an activating group) is 1. The number of hydrogen-bond donors (Lipinski definition) is 1. The van der Waals surface area contributed by atoms with Gasteiger partial charge in [0.1, 0.15) is 22.8 Å². The van der Waals surface area contributed by atoms with E-state index in [2.05, 4.69) is 10.3 Å². The van der Waals surface area contributed by atoms with Crippen molar-refractivity contribution in [2.75, 3.05) is 13.6 Å². The predicted octanol–water partition coefficient (Wildman–Crippen LogP) is 2.17. The Morgan fingerprint density at radius 2 is 2.00 bits per heavy atom. The number of aryl methyl sites for hydroxylation is 2. The minimum atomic E-state index is -0.534. The summed E-state index contributed by atoms with van der Waals surface area (Å²) in [6.45, 7) is 4.07. The van der Waals surface area contributed by atoms with Crippen molar-refractivity contribution in [2.45, 2.75) is 32.4 Å². The lowest BCUT2D eigenvalue weighted by Gasteiger charge is -2.22. The lowest BCUT2D eigenvalue weighted by Crippen LogP contribution is -2.44. The van der Waals surface area contributed by atoms with Gasteiger partial charge >= 0.3 is 0 Å². The first-order chi connectivity index (χ1) is 12.0. The molecule has 1 saturated heterocycles. The summed E-state index contributed by atoms with van der Waals surface area (Å²) in [5.74, 6) is 0.407. The van der Waals surface area contributed by atoms with Crippen LogP contribution in [0.15, 0.2) is 30.3 Å². The fraction of sp³-hybridized carbons (Fsp3) is 0.389. The molecule has 2 aromatic rings. The average molecular weight is 359 g/mol. The molecule has 1 aromatic carbocycles. The summed E-state index contributed by atoms with van der Waals surface area (Å²) in [6, 6.07) is 8.92. The van der Waals surface area contributed by atoms with Gasteiger partial charge in [0.2, 0.25) is 5.91 Å². The summed E-state index contributed by atoms with van der Waals surface area (Å²) >= 11 is 1.36. The van der Waals surface area contributed by atoms with Crippen molar-refractivity contribution in [3.63, 3.8) is 0 Å². The van der Waals surface area contributed by atoms with Crippen molar-refractivity contribution < 1.29 is 14.3 Å². The molecular weight excluding hydrogens is 338 g/mol. The molecule has 25 heavy (non-hydrogen) atoms. The van der Waals surface area contributed by atoms with E-state index in [1.54, 1.807) is 11.9 Å². The molecule has 1 N–H and O–H groups in total. The van der Waals surface area contributed by atoms with E-state index in [1.807, 2.05) is 44.2 Å². The van der Waals surface area contributed by atoms with E-state index in [0.29, 0.717) is 23.5 Å². The van der Waals surface area contributed by atoms with E-state index >= 15 is 0 Å². The number of amides is 2. The maximum Gasteiger partial charge on any atom is 0.266 e. The third-order valence-corrected chi connectivity index (χ3v) is 5.28. The Hall–Kier alpha value is -2.41.